The van der Waals surface area contributed by atoms with Crippen LogP contribution >= 0.6 is 11.8 Å². The molecular weight excluding hydrogens is 423 g/mol. The molecular formula is C19H20F3N3O2S2. The van der Waals surface area contributed by atoms with Gasteiger partial charge in [0.2, 0.25) is 10.0 Å². The zero-order valence-corrected chi connectivity index (χ0v) is 17.2. The molecule has 1 heterocycles. The van der Waals surface area contributed by atoms with E-state index in [2.05, 4.69) is 9.71 Å². The SMILES string of the molecule is CCS(=O)(=O)NCCSc1nc2cc(C(F)(F)F)ccc2n1Cc1ccccc1. The molecule has 29 heavy (non-hydrogen) atoms. The minimum Gasteiger partial charge on any atom is -0.314 e. The van der Waals surface area contributed by atoms with Gasteiger partial charge >= 0.3 is 6.18 Å². The van der Waals surface area contributed by atoms with Crippen LogP contribution in [0.15, 0.2) is 53.7 Å². The third kappa shape index (κ3) is 5.52. The third-order valence-corrected chi connectivity index (χ3v) is 6.64. The number of benzene rings is 2. The number of halogens is 3. The molecule has 0 spiro atoms. The Kier molecular flexibility index (Phi) is 6.55. The van der Waals surface area contributed by atoms with Crippen LogP contribution in [0.25, 0.3) is 11.0 Å². The van der Waals surface area contributed by atoms with E-state index in [0.717, 1.165) is 17.7 Å². The average molecular weight is 444 g/mol. The summed E-state index contributed by atoms with van der Waals surface area (Å²) in [5.74, 6) is 0.397. The molecule has 3 rings (SSSR count). The van der Waals surface area contributed by atoms with Gasteiger partial charge in [-0.1, -0.05) is 42.1 Å². The number of rotatable bonds is 8. The maximum absolute atomic E-state index is 13.1. The van der Waals surface area contributed by atoms with Crippen LogP contribution in [0, 0.1) is 0 Å². The Labute approximate surface area is 171 Å². The molecule has 1 N–H and O–H groups in total. The van der Waals surface area contributed by atoms with E-state index in [9.17, 15) is 21.6 Å². The smallest absolute Gasteiger partial charge is 0.314 e. The molecule has 1 aromatic heterocycles. The molecule has 0 aliphatic heterocycles. The van der Waals surface area contributed by atoms with Gasteiger partial charge in [0.15, 0.2) is 5.16 Å². The lowest BCUT2D eigenvalue weighted by Gasteiger charge is -2.10. The van der Waals surface area contributed by atoms with Gasteiger partial charge in [0.25, 0.3) is 0 Å². The largest absolute Gasteiger partial charge is 0.416 e. The predicted molar refractivity (Wildman–Crippen MR) is 108 cm³/mol. The second kappa shape index (κ2) is 8.76. The van der Waals surface area contributed by atoms with Crippen molar-refractivity contribution < 1.29 is 21.6 Å². The fourth-order valence-electron chi connectivity index (χ4n) is 2.75. The first-order valence-electron chi connectivity index (χ1n) is 8.91. The van der Waals surface area contributed by atoms with E-state index in [1.54, 1.807) is 6.92 Å². The number of hydrogen-bond acceptors (Lipinski definition) is 4. The van der Waals surface area contributed by atoms with E-state index in [1.807, 2.05) is 34.9 Å². The maximum atomic E-state index is 13.1. The van der Waals surface area contributed by atoms with Gasteiger partial charge in [0, 0.05) is 12.3 Å². The Balaban J connectivity index is 1.90. The fraction of sp³-hybridized carbons (Fsp3) is 0.316. The lowest BCUT2D eigenvalue weighted by atomic mass is 10.2. The molecule has 0 saturated carbocycles. The van der Waals surface area contributed by atoms with Crippen LogP contribution in [-0.2, 0) is 22.7 Å². The summed E-state index contributed by atoms with van der Waals surface area (Å²) in [6.45, 7) is 2.21. The van der Waals surface area contributed by atoms with Crippen molar-refractivity contribution in [2.45, 2.75) is 24.8 Å². The van der Waals surface area contributed by atoms with Gasteiger partial charge < -0.3 is 4.57 Å². The van der Waals surface area contributed by atoms with Gasteiger partial charge in [-0.25, -0.2) is 18.1 Å². The zero-order chi connectivity index (χ0) is 21.1. The number of nitrogens with one attached hydrogen (secondary N) is 1. The molecule has 0 aliphatic rings. The molecule has 2 aromatic carbocycles. The van der Waals surface area contributed by atoms with Crippen molar-refractivity contribution in [2.75, 3.05) is 18.1 Å². The molecule has 0 saturated heterocycles. The predicted octanol–water partition coefficient (Wildman–Crippen LogP) is 4.13. The monoisotopic (exact) mass is 443 g/mol. The van der Waals surface area contributed by atoms with Gasteiger partial charge in [0.05, 0.1) is 28.9 Å². The van der Waals surface area contributed by atoms with Crippen molar-refractivity contribution >= 4 is 32.8 Å². The minimum atomic E-state index is -4.44. The molecule has 0 radical (unpaired) electrons. The van der Waals surface area contributed by atoms with E-state index in [-0.39, 0.29) is 17.8 Å². The van der Waals surface area contributed by atoms with E-state index >= 15 is 0 Å². The Morgan fingerprint density at radius 2 is 1.86 bits per heavy atom. The molecule has 0 bridgehead atoms. The van der Waals surface area contributed by atoms with Gasteiger partial charge in [0.1, 0.15) is 0 Å². The number of alkyl halides is 3. The van der Waals surface area contributed by atoms with Gasteiger partial charge in [-0.05, 0) is 30.7 Å². The van der Waals surface area contributed by atoms with Crippen molar-refractivity contribution in [3.05, 3.63) is 59.7 Å². The molecule has 0 atom stereocenters. The standard InChI is InChI=1S/C19H20F3N3O2S2/c1-2-29(26,27)23-10-11-28-18-24-16-12-15(19(20,21)22)8-9-17(16)25(18)13-14-6-4-3-5-7-14/h3-9,12,23H,2,10-11,13H2,1H3. The molecule has 0 amide bonds. The number of sulfonamides is 1. The van der Waals surface area contributed by atoms with Crippen molar-refractivity contribution in [3.63, 3.8) is 0 Å². The molecule has 0 unspecified atom stereocenters. The molecule has 5 nitrogen and oxygen atoms in total. The minimum absolute atomic E-state index is 0.00952. The van der Waals surface area contributed by atoms with Crippen LogP contribution in [0.1, 0.15) is 18.1 Å². The topological polar surface area (TPSA) is 64.0 Å². The highest BCUT2D eigenvalue weighted by atomic mass is 32.2. The molecule has 156 valence electrons. The first-order valence-corrected chi connectivity index (χ1v) is 11.5. The highest BCUT2D eigenvalue weighted by molar-refractivity contribution is 7.99. The van der Waals surface area contributed by atoms with Gasteiger partial charge in [-0.3, -0.25) is 0 Å². The van der Waals surface area contributed by atoms with Crippen LogP contribution in [-0.4, -0.2) is 36.0 Å². The van der Waals surface area contributed by atoms with E-state index in [1.165, 1.54) is 17.8 Å². The number of aromatic nitrogens is 2. The second-order valence-electron chi connectivity index (χ2n) is 6.31. The Morgan fingerprint density at radius 1 is 1.14 bits per heavy atom. The summed E-state index contributed by atoms with van der Waals surface area (Å²) in [7, 11) is -3.29. The third-order valence-electron chi connectivity index (χ3n) is 4.26. The van der Waals surface area contributed by atoms with Crippen LogP contribution < -0.4 is 4.72 Å². The summed E-state index contributed by atoms with van der Waals surface area (Å²) in [6.07, 6.45) is -4.44. The summed E-state index contributed by atoms with van der Waals surface area (Å²) in [6, 6.07) is 13.1. The first-order chi connectivity index (χ1) is 13.7. The number of fused-ring (bicyclic) bond motifs is 1. The first kappa shape index (κ1) is 21.7. The lowest BCUT2D eigenvalue weighted by Crippen LogP contribution is -2.27. The quantitative estimate of drug-likeness (QED) is 0.420. The van der Waals surface area contributed by atoms with Crippen LogP contribution in [0.4, 0.5) is 13.2 Å². The summed E-state index contributed by atoms with van der Waals surface area (Å²) < 4.78 is 66.6. The zero-order valence-electron chi connectivity index (χ0n) is 15.6. The normalized spacial score (nSPS) is 12.6. The van der Waals surface area contributed by atoms with Gasteiger partial charge in [-0.2, -0.15) is 13.2 Å². The molecule has 3 aromatic rings. The van der Waals surface area contributed by atoms with Crippen LogP contribution in [0.3, 0.4) is 0 Å². The number of imidazole rings is 1. The highest BCUT2D eigenvalue weighted by Gasteiger charge is 2.31. The second-order valence-corrected chi connectivity index (χ2v) is 9.47. The van der Waals surface area contributed by atoms with Crippen molar-refractivity contribution in [1.29, 1.82) is 0 Å². The fourth-order valence-corrected chi connectivity index (χ4v) is 4.37. The summed E-state index contributed by atoms with van der Waals surface area (Å²) >= 11 is 1.30. The Hall–Kier alpha value is -2.04. The maximum Gasteiger partial charge on any atom is 0.416 e. The number of thioether (sulfide) groups is 1. The summed E-state index contributed by atoms with van der Waals surface area (Å²) in [4.78, 5) is 4.39. The Morgan fingerprint density at radius 3 is 2.52 bits per heavy atom. The number of hydrogen-bond donors (Lipinski definition) is 1. The summed E-state index contributed by atoms with van der Waals surface area (Å²) in [5, 5.41) is 0.541. The number of nitrogens with zero attached hydrogens (tertiary/aromatic N) is 2. The van der Waals surface area contributed by atoms with E-state index in [4.69, 9.17) is 0 Å². The van der Waals surface area contributed by atoms with Crippen molar-refractivity contribution in [3.8, 4) is 0 Å². The average Bonchev–Trinajstić information content (AvgIpc) is 3.02. The highest BCUT2D eigenvalue weighted by Crippen LogP contribution is 2.33. The van der Waals surface area contributed by atoms with Crippen molar-refractivity contribution in [1.82, 2.24) is 14.3 Å². The molecule has 10 heteroatoms. The molecule has 0 aliphatic carbocycles. The lowest BCUT2D eigenvalue weighted by molar-refractivity contribution is -0.137. The van der Waals surface area contributed by atoms with Crippen molar-refractivity contribution in [2.24, 2.45) is 0 Å². The summed E-state index contributed by atoms with van der Waals surface area (Å²) in [5.41, 5.74) is 1.09. The molecule has 0 fully saturated rings. The van der Waals surface area contributed by atoms with Gasteiger partial charge in [-0.15, -0.1) is 0 Å². The van der Waals surface area contributed by atoms with Crippen LogP contribution in [0.5, 0.6) is 0 Å². The van der Waals surface area contributed by atoms with E-state index < -0.39 is 21.8 Å². The van der Waals surface area contributed by atoms with E-state index in [0.29, 0.717) is 23.0 Å². The Bertz CT molecular complexity index is 1080. The van der Waals surface area contributed by atoms with Crippen LogP contribution in [0.2, 0.25) is 0 Å².